The maximum atomic E-state index is 12.3. The number of benzene rings is 1. The fraction of sp³-hybridized carbons (Fsp3) is 0.613. The molecule has 5 rings (SSSR count). The van der Waals surface area contributed by atoms with Crippen molar-refractivity contribution in [2.45, 2.75) is 77.2 Å². The normalized spacial score (nSPS) is 34.1. The number of allylic oxidation sites excluding steroid dienone is 4. The summed E-state index contributed by atoms with van der Waals surface area (Å²) in [7, 11) is 1.88. The Morgan fingerprint density at radius 3 is 2.64 bits per heavy atom. The third kappa shape index (κ3) is 4.18. The lowest BCUT2D eigenvalue weighted by molar-refractivity contribution is -0.157. The molecule has 4 aliphatic rings. The molecule has 4 aliphatic carbocycles. The van der Waals surface area contributed by atoms with Gasteiger partial charge in [0.15, 0.2) is 5.78 Å². The molecule has 0 radical (unpaired) electrons. The highest BCUT2D eigenvalue weighted by atomic mass is 16.5. The molecule has 5 nitrogen and oxygen atoms in total. The molecular formula is C31H41NO4. The zero-order valence-corrected chi connectivity index (χ0v) is 22.3. The van der Waals surface area contributed by atoms with Crippen LogP contribution in [0.15, 0.2) is 52.2 Å². The van der Waals surface area contributed by atoms with Crippen LogP contribution in [-0.4, -0.2) is 43.1 Å². The summed E-state index contributed by atoms with van der Waals surface area (Å²) in [5.41, 5.74) is 6.22. The van der Waals surface area contributed by atoms with E-state index in [1.807, 2.05) is 25.3 Å². The van der Waals surface area contributed by atoms with Crippen LogP contribution >= 0.6 is 0 Å². The minimum absolute atomic E-state index is 0.00491. The van der Waals surface area contributed by atoms with Gasteiger partial charge in [-0.15, -0.1) is 0 Å². The fourth-order valence-electron chi connectivity index (χ4n) is 8.01. The van der Waals surface area contributed by atoms with E-state index >= 15 is 0 Å². The van der Waals surface area contributed by atoms with Crippen molar-refractivity contribution in [3.63, 3.8) is 0 Å². The van der Waals surface area contributed by atoms with Crippen molar-refractivity contribution in [2.75, 3.05) is 20.3 Å². The molecule has 2 saturated carbocycles. The van der Waals surface area contributed by atoms with Gasteiger partial charge in [0.25, 0.3) is 0 Å². The van der Waals surface area contributed by atoms with E-state index in [1.54, 1.807) is 5.57 Å². The molecule has 0 bridgehead atoms. The average Bonchev–Trinajstić information content (AvgIpc) is 3.16. The van der Waals surface area contributed by atoms with Gasteiger partial charge in [-0.1, -0.05) is 55.8 Å². The molecule has 1 N–H and O–H groups in total. The fourth-order valence-corrected chi connectivity index (χ4v) is 8.01. The first kappa shape index (κ1) is 25.4. The summed E-state index contributed by atoms with van der Waals surface area (Å²) in [4.78, 5) is 12.3. The Labute approximate surface area is 215 Å². The standard InChI is InChI=1S/C31H41NO4/c1-20(2)18-36-19-31(35-4)14-13-28-26-11-9-23-15-24(33)10-12-25(23)29(26)27(16-30(28,31)3)22-7-5-21(6-8-22)17-32-34/h5-8,15,17,20,26-28,34H,9-14,16,18-19H2,1-4H3/b32-17+/t26-,27+,28-,30-,31+/m0/s1. The first-order valence-corrected chi connectivity index (χ1v) is 13.7. The van der Waals surface area contributed by atoms with Crippen molar-refractivity contribution in [1.29, 1.82) is 0 Å². The predicted octanol–water partition coefficient (Wildman–Crippen LogP) is 6.45. The number of oxime groups is 1. The van der Waals surface area contributed by atoms with E-state index in [-0.39, 0.29) is 22.7 Å². The van der Waals surface area contributed by atoms with Crippen molar-refractivity contribution in [3.8, 4) is 0 Å². The largest absolute Gasteiger partial charge is 0.411 e. The van der Waals surface area contributed by atoms with Crippen LogP contribution in [0, 0.1) is 23.2 Å². The number of methoxy groups -OCH3 is 1. The number of carbonyl (C=O) groups excluding carboxylic acids is 1. The highest BCUT2D eigenvalue weighted by molar-refractivity contribution is 5.93. The van der Waals surface area contributed by atoms with Gasteiger partial charge in [-0.2, -0.15) is 0 Å². The second-order valence-corrected chi connectivity index (χ2v) is 12.1. The quantitative estimate of drug-likeness (QED) is 0.270. The zero-order chi connectivity index (χ0) is 25.5. The highest BCUT2D eigenvalue weighted by Crippen LogP contribution is 2.67. The van der Waals surface area contributed by atoms with Gasteiger partial charge in [0.2, 0.25) is 0 Å². The Hall–Kier alpha value is -2.24. The summed E-state index contributed by atoms with van der Waals surface area (Å²) in [5, 5.41) is 12.2. The molecule has 36 heavy (non-hydrogen) atoms. The molecular weight excluding hydrogens is 450 g/mol. The van der Waals surface area contributed by atoms with Crippen molar-refractivity contribution < 1.29 is 19.5 Å². The van der Waals surface area contributed by atoms with Crippen molar-refractivity contribution in [3.05, 3.63) is 58.2 Å². The molecule has 0 spiro atoms. The van der Waals surface area contributed by atoms with Crippen molar-refractivity contribution >= 4 is 12.0 Å². The Balaban J connectivity index is 1.59. The molecule has 5 heteroatoms. The monoisotopic (exact) mass is 491 g/mol. The molecule has 0 unspecified atom stereocenters. The number of ether oxygens (including phenoxy) is 2. The SMILES string of the molecule is CO[C@@]1(COCC(C)C)CC[C@H]2[C@@H]3CCC4=CC(=O)CCC4=C3[C@@H](c3ccc(/C=N/O)cc3)C[C@@]21C. The van der Waals surface area contributed by atoms with Gasteiger partial charge >= 0.3 is 0 Å². The molecule has 0 amide bonds. The van der Waals surface area contributed by atoms with Gasteiger partial charge in [0.05, 0.1) is 18.4 Å². The third-order valence-corrected chi connectivity index (χ3v) is 9.75. The summed E-state index contributed by atoms with van der Waals surface area (Å²) >= 11 is 0. The van der Waals surface area contributed by atoms with E-state index in [0.29, 0.717) is 30.8 Å². The van der Waals surface area contributed by atoms with E-state index in [9.17, 15) is 4.79 Å². The smallest absolute Gasteiger partial charge is 0.156 e. The van der Waals surface area contributed by atoms with Crippen molar-refractivity contribution in [2.24, 2.45) is 28.3 Å². The molecule has 1 aromatic rings. The van der Waals surface area contributed by atoms with Gasteiger partial charge in [-0.25, -0.2) is 0 Å². The van der Waals surface area contributed by atoms with Crippen LogP contribution < -0.4 is 0 Å². The number of rotatable bonds is 7. The van der Waals surface area contributed by atoms with Crippen LogP contribution in [0.4, 0.5) is 0 Å². The number of ketones is 1. The number of hydrogen-bond donors (Lipinski definition) is 1. The lowest BCUT2D eigenvalue weighted by Crippen LogP contribution is -2.55. The van der Waals surface area contributed by atoms with Crippen LogP contribution in [0.2, 0.25) is 0 Å². The molecule has 0 aromatic heterocycles. The van der Waals surface area contributed by atoms with E-state index in [4.69, 9.17) is 14.7 Å². The second kappa shape index (κ2) is 9.90. The molecule has 5 atom stereocenters. The Morgan fingerprint density at radius 2 is 1.94 bits per heavy atom. The van der Waals surface area contributed by atoms with Gasteiger partial charge < -0.3 is 14.7 Å². The minimum atomic E-state index is -0.289. The van der Waals surface area contributed by atoms with Gasteiger partial charge in [0.1, 0.15) is 0 Å². The predicted molar refractivity (Wildman–Crippen MR) is 141 cm³/mol. The molecule has 194 valence electrons. The lowest BCUT2D eigenvalue weighted by Gasteiger charge is -2.55. The molecule has 0 saturated heterocycles. The Morgan fingerprint density at radius 1 is 1.17 bits per heavy atom. The Bertz CT molecular complexity index is 1080. The third-order valence-electron chi connectivity index (χ3n) is 9.75. The summed E-state index contributed by atoms with van der Waals surface area (Å²) < 4.78 is 12.7. The van der Waals surface area contributed by atoms with Crippen LogP contribution in [0.5, 0.6) is 0 Å². The summed E-state index contributed by atoms with van der Waals surface area (Å²) in [6.45, 7) is 8.25. The maximum Gasteiger partial charge on any atom is 0.156 e. The molecule has 0 aliphatic heterocycles. The summed E-state index contributed by atoms with van der Waals surface area (Å²) in [6, 6.07) is 8.47. The number of fused-ring (bicyclic) bond motifs is 4. The van der Waals surface area contributed by atoms with Gasteiger partial charge in [-0.05, 0) is 84.6 Å². The highest BCUT2D eigenvalue weighted by Gasteiger charge is 2.63. The second-order valence-electron chi connectivity index (χ2n) is 12.1. The zero-order valence-electron chi connectivity index (χ0n) is 22.3. The van der Waals surface area contributed by atoms with Crippen LogP contribution in [0.1, 0.15) is 82.8 Å². The molecule has 2 fully saturated rings. The van der Waals surface area contributed by atoms with E-state index in [0.717, 1.165) is 50.7 Å². The number of nitrogens with zero attached hydrogens (tertiary/aromatic N) is 1. The molecule has 1 aromatic carbocycles. The van der Waals surface area contributed by atoms with Gasteiger partial charge in [-0.3, -0.25) is 4.79 Å². The number of carbonyl (C=O) groups is 1. The summed E-state index contributed by atoms with van der Waals surface area (Å²) in [6.07, 6.45) is 10.2. The Kier molecular flexibility index (Phi) is 6.99. The van der Waals surface area contributed by atoms with E-state index in [1.165, 1.54) is 22.9 Å². The van der Waals surface area contributed by atoms with Crippen LogP contribution in [-0.2, 0) is 14.3 Å². The maximum absolute atomic E-state index is 12.3. The topological polar surface area (TPSA) is 68.1 Å². The average molecular weight is 492 g/mol. The van der Waals surface area contributed by atoms with Crippen LogP contribution in [0.25, 0.3) is 0 Å². The van der Waals surface area contributed by atoms with Crippen molar-refractivity contribution in [1.82, 2.24) is 0 Å². The first-order chi connectivity index (χ1) is 17.3. The number of hydrogen-bond acceptors (Lipinski definition) is 5. The minimum Gasteiger partial charge on any atom is -0.411 e. The van der Waals surface area contributed by atoms with Crippen LogP contribution in [0.3, 0.4) is 0 Å². The molecule has 0 heterocycles. The van der Waals surface area contributed by atoms with E-state index in [2.05, 4.69) is 38.1 Å². The lowest BCUT2D eigenvalue weighted by atomic mass is 9.51. The summed E-state index contributed by atoms with van der Waals surface area (Å²) in [5.74, 6) is 2.12. The first-order valence-electron chi connectivity index (χ1n) is 13.7. The van der Waals surface area contributed by atoms with Gasteiger partial charge in [0, 0.05) is 31.5 Å². The van der Waals surface area contributed by atoms with E-state index < -0.39 is 0 Å².